The molecule has 0 atom stereocenters. The van der Waals surface area contributed by atoms with Gasteiger partial charge in [-0.3, -0.25) is 4.79 Å². The lowest BCUT2D eigenvalue weighted by atomic mass is 9.99. The molecular weight excluding hydrogens is 292 g/mol. The molecule has 1 rings (SSSR count). The van der Waals surface area contributed by atoms with Crippen LogP contribution in [0.25, 0.3) is 0 Å². The number of carbonyl (C=O) groups is 1. The number of rotatable bonds is 7. The van der Waals surface area contributed by atoms with E-state index < -0.39 is 8.32 Å². The summed E-state index contributed by atoms with van der Waals surface area (Å²) in [6.45, 7) is 15.3. The second-order valence-electron chi connectivity index (χ2n) is 7.67. The second kappa shape index (κ2) is 8.30. The first-order chi connectivity index (χ1) is 10.2. The minimum absolute atomic E-state index is 0.161. The van der Waals surface area contributed by atoms with Crippen LogP contribution in [0.2, 0.25) is 18.1 Å². The third-order valence-corrected chi connectivity index (χ3v) is 10.1. The average molecular weight is 327 g/mol. The number of ether oxygens (including phenoxy) is 1. The maximum absolute atomic E-state index is 11.8. The molecule has 0 aromatic carbocycles. The van der Waals surface area contributed by atoms with E-state index in [-0.39, 0.29) is 10.8 Å². The maximum atomic E-state index is 11.8. The van der Waals surface area contributed by atoms with E-state index in [0.717, 1.165) is 32.3 Å². The normalized spacial score (nSPS) is 19.4. The van der Waals surface area contributed by atoms with Crippen LogP contribution < -0.4 is 0 Å². The van der Waals surface area contributed by atoms with Crippen molar-refractivity contribution in [2.24, 2.45) is 5.92 Å². The van der Waals surface area contributed by atoms with Gasteiger partial charge in [-0.1, -0.05) is 27.7 Å². The van der Waals surface area contributed by atoms with Crippen LogP contribution in [0.3, 0.4) is 0 Å². The Morgan fingerprint density at radius 2 is 2.00 bits per heavy atom. The van der Waals surface area contributed by atoms with Crippen LogP contribution in [-0.2, 0) is 14.0 Å². The van der Waals surface area contributed by atoms with E-state index in [0.29, 0.717) is 24.7 Å². The highest BCUT2D eigenvalue weighted by Crippen LogP contribution is 2.44. The summed E-state index contributed by atoms with van der Waals surface area (Å²) >= 11 is 0. The Morgan fingerprint density at radius 1 is 1.32 bits per heavy atom. The minimum Gasteiger partial charge on any atom is -0.490 e. The largest absolute Gasteiger partial charge is 0.490 e. The predicted molar refractivity (Wildman–Crippen MR) is 94.4 cm³/mol. The van der Waals surface area contributed by atoms with E-state index in [1.807, 2.05) is 6.08 Å². The highest BCUT2D eigenvalue weighted by Gasteiger charge is 2.42. The number of carbonyl (C=O) groups excluding carboxylic acids is 1. The molecule has 4 heteroatoms. The molecule has 1 saturated heterocycles. The van der Waals surface area contributed by atoms with Crippen molar-refractivity contribution in [3.05, 3.63) is 11.8 Å². The first-order valence-electron chi connectivity index (χ1n) is 8.68. The molecule has 1 aliphatic rings. The Bertz CT molecular complexity index is 397. The van der Waals surface area contributed by atoms with E-state index in [1.54, 1.807) is 0 Å². The van der Waals surface area contributed by atoms with Gasteiger partial charge in [0, 0.05) is 13.0 Å². The predicted octanol–water partition coefficient (Wildman–Crippen LogP) is 5.08. The fourth-order valence-corrected chi connectivity index (χ4v) is 4.89. The highest BCUT2D eigenvalue weighted by molar-refractivity contribution is 6.74. The van der Waals surface area contributed by atoms with Crippen LogP contribution in [0.1, 0.15) is 59.8 Å². The summed E-state index contributed by atoms with van der Waals surface area (Å²) in [5, 5.41) is 0.256. The molecule has 128 valence electrons. The van der Waals surface area contributed by atoms with Gasteiger partial charge in [0.25, 0.3) is 0 Å². The molecule has 0 spiro atoms. The molecule has 0 aromatic heterocycles. The summed E-state index contributed by atoms with van der Waals surface area (Å²) in [5.41, 5.74) is 0. The lowest BCUT2D eigenvalue weighted by Crippen LogP contribution is -2.45. The van der Waals surface area contributed by atoms with Gasteiger partial charge < -0.3 is 9.16 Å². The van der Waals surface area contributed by atoms with Crippen molar-refractivity contribution in [2.45, 2.75) is 77.9 Å². The van der Waals surface area contributed by atoms with Gasteiger partial charge in [-0.25, -0.2) is 0 Å². The Kier molecular flexibility index (Phi) is 7.33. The van der Waals surface area contributed by atoms with Crippen LogP contribution in [0.4, 0.5) is 0 Å². The molecular formula is C18H34O3Si. The van der Waals surface area contributed by atoms with Gasteiger partial charge in [-0.15, -0.1) is 0 Å². The van der Waals surface area contributed by atoms with Gasteiger partial charge >= 0.3 is 0 Å². The molecule has 0 aromatic rings. The number of ketones is 1. The van der Waals surface area contributed by atoms with Gasteiger partial charge in [0.15, 0.2) is 19.9 Å². The monoisotopic (exact) mass is 326 g/mol. The lowest BCUT2D eigenvalue weighted by Gasteiger charge is -2.42. The fourth-order valence-electron chi connectivity index (χ4n) is 2.47. The zero-order valence-electron chi connectivity index (χ0n) is 15.3. The molecule has 1 aliphatic heterocycles. The fraction of sp³-hybridized carbons (Fsp3) is 0.833. The molecule has 22 heavy (non-hydrogen) atoms. The average Bonchev–Trinajstić information content (AvgIpc) is 2.63. The molecule has 0 bridgehead atoms. The summed E-state index contributed by atoms with van der Waals surface area (Å²) in [7, 11) is -1.72. The van der Waals surface area contributed by atoms with Gasteiger partial charge in [0.05, 0.1) is 6.61 Å². The zero-order chi connectivity index (χ0) is 16.8. The molecule has 0 aliphatic carbocycles. The Labute approximate surface area is 137 Å². The number of unbranched alkanes of at least 4 members (excludes halogenated alkanes) is 1. The van der Waals surface area contributed by atoms with Crippen molar-refractivity contribution in [3.63, 3.8) is 0 Å². The second-order valence-corrected chi connectivity index (χ2v) is 12.3. The quantitative estimate of drug-likeness (QED) is 0.372. The van der Waals surface area contributed by atoms with Crippen molar-refractivity contribution in [1.29, 1.82) is 0 Å². The standard InChI is InChI=1S/C18H34O3Si/c1-15(2)18(3,4)22(5,6)21-14-10-8-12-17-16(19)11-7-9-13-20-17/h12,15H,7-11,13-14H2,1-6H3/b17-12-. The first kappa shape index (κ1) is 19.4. The van der Waals surface area contributed by atoms with Crippen molar-refractivity contribution in [3.8, 4) is 0 Å². The minimum atomic E-state index is -1.72. The van der Waals surface area contributed by atoms with Crippen LogP contribution in [0.5, 0.6) is 0 Å². The van der Waals surface area contributed by atoms with E-state index in [1.165, 1.54) is 0 Å². The van der Waals surface area contributed by atoms with Crippen LogP contribution in [0.15, 0.2) is 11.8 Å². The molecule has 1 heterocycles. The van der Waals surface area contributed by atoms with Crippen LogP contribution in [0, 0.1) is 5.92 Å². The van der Waals surface area contributed by atoms with E-state index in [9.17, 15) is 4.79 Å². The number of allylic oxidation sites excluding steroid dienone is 2. The van der Waals surface area contributed by atoms with Gasteiger partial charge in [-0.05, 0) is 55.8 Å². The van der Waals surface area contributed by atoms with E-state index >= 15 is 0 Å². The van der Waals surface area contributed by atoms with Crippen LogP contribution in [-0.4, -0.2) is 27.3 Å². The number of Topliss-reactive ketones (excluding diaryl/α,β-unsaturated/α-hetero) is 1. The number of hydrogen-bond acceptors (Lipinski definition) is 3. The van der Waals surface area contributed by atoms with Crippen molar-refractivity contribution in [2.75, 3.05) is 13.2 Å². The topological polar surface area (TPSA) is 35.5 Å². The van der Waals surface area contributed by atoms with Crippen molar-refractivity contribution >= 4 is 14.1 Å². The van der Waals surface area contributed by atoms with Gasteiger partial charge in [0.2, 0.25) is 0 Å². The molecule has 0 amide bonds. The van der Waals surface area contributed by atoms with Crippen molar-refractivity contribution in [1.82, 2.24) is 0 Å². The zero-order valence-corrected chi connectivity index (χ0v) is 16.3. The molecule has 0 N–H and O–H groups in total. The van der Waals surface area contributed by atoms with Gasteiger partial charge in [0.1, 0.15) is 0 Å². The Morgan fingerprint density at radius 3 is 2.64 bits per heavy atom. The molecule has 0 saturated carbocycles. The lowest BCUT2D eigenvalue weighted by molar-refractivity contribution is -0.118. The number of hydrogen-bond donors (Lipinski definition) is 0. The van der Waals surface area contributed by atoms with E-state index in [2.05, 4.69) is 40.8 Å². The maximum Gasteiger partial charge on any atom is 0.197 e. The highest BCUT2D eigenvalue weighted by atomic mass is 28.4. The summed E-state index contributed by atoms with van der Waals surface area (Å²) in [5.74, 6) is 1.36. The first-order valence-corrected chi connectivity index (χ1v) is 11.6. The summed E-state index contributed by atoms with van der Waals surface area (Å²) in [4.78, 5) is 11.8. The van der Waals surface area contributed by atoms with Crippen LogP contribution >= 0.6 is 0 Å². The molecule has 0 radical (unpaired) electrons. The molecule has 3 nitrogen and oxygen atoms in total. The Hall–Kier alpha value is -0.613. The summed E-state index contributed by atoms with van der Waals surface area (Å²) < 4.78 is 11.8. The smallest absolute Gasteiger partial charge is 0.197 e. The SMILES string of the molecule is CC(C)C(C)(C)[Si](C)(C)OCCC/C=C1\OCCCCC1=O. The van der Waals surface area contributed by atoms with Crippen molar-refractivity contribution < 1.29 is 14.0 Å². The Balaban J connectivity index is 2.40. The molecule has 0 unspecified atom stereocenters. The third kappa shape index (κ3) is 5.23. The molecule has 1 fully saturated rings. The summed E-state index contributed by atoms with van der Waals surface area (Å²) in [6.07, 6.45) is 6.32. The summed E-state index contributed by atoms with van der Waals surface area (Å²) in [6, 6.07) is 0. The third-order valence-electron chi connectivity index (χ3n) is 5.47. The van der Waals surface area contributed by atoms with E-state index in [4.69, 9.17) is 9.16 Å². The van der Waals surface area contributed by atoms with Gasteiger partial charge in [-0.2, -0.15) is 0 Å².